The summed E-state index contributed by atoms with van der Waals surface area (Å²) in [7, 11) is 1.62. The van der Waals surface area contributed by atoms with Crippen LogP contribution in [0.1, 0.15) is 0 Å². The third kappa shape index (κ3) is 2.90. The number of benzene rings is 2. The van der Waals surface area contributed by atoms with E-state index in [1.165, 1.54) is 0 Å². The molecule has 3 nitrogen and oxygen atoms in total. The van der Waals surface area contributed by atoms with Crippen LogP contribution < -0.4 is 16.0 Å². The molecule has 2 rings (SSSR count). The van der Waals surface area contributed by atoms with Gasteiger partial charge in [0.25, 0.3) is 0 Å². The zero-order valence-electron chi connectivity index (χ0n) is 9.51. The summed E-state index contributed by atoms with van der Waals surface area (Å²) in [4.78, 5) is 0. The average Bonchev–Trinajstić information content (AvgIpc) is 2.39. The number of nitrogens with two attached hydrogens (primary N) is 1. The molecule has 0 unspecified atom stereocenters. The number of rotatable bonds is 3. The molecule has 0 heterocycles. The van der Waals surface area contributed by atoms with E-state index in [0.29, 0.717) is 0 Å². The van der Waals surface area contributed by atoms with Gasteiger partial charge < -0.3 is 10.2 Å². The molecule has 0 spiro atoms. The van der Waals surface area contributed by atoms with Crippen molar-refractivity contribution in [2.24, 2.45) is 5.84 Å². The predicted octanol–water partition coefficient (Wildman–Crippen LogP) is 3.07. The van der Waals surface area contributed by atoms with E-state index in [1.807, 2.05) is 36.4 Å². The Bertz CT molecular complexity index is 474. The van der Waals surface area contributed by atoms with Crippen LogP contribution in [0.4, 0.5) is 5.69 Å². The molecule has 0 aliphatic heterocycles. The van der Waals surface area contributed by atoms with Gasteiger partial charge in [-0.15, -0.1) is 12.4 Å². The molecule has 0 bridgehead atoms. The molecule has 0 fully saturated rings. The fourth-order valence-corrected chi connectivity index (χ4v) is 1.63. The van der Waals surface area contributed by atoms with E-state index in [1.54, 1.807) is 7.11 Å². The van der Waals surface area contributed by atoms with E-state index in [2.05, 4.69) is 17.6 Å². The number of ether oxygens (including phenoxy) is 1. The molecule has 90 valence electrons. The van der Waals surface area contributed by atoms with Crippen LogP contribution in [-0.2, 0) is 0 Å². The first-order valence-electron chi connectivity index (χ1n) is 5.05. The lowest BCUT2D eigenvalue weighted by molar-refractivity contribution is 0.416. The van der Waals surface area contributed by atoms with Crippen molar-refractivity contribution in [2.75, 3.05) is 12.5 Å². The minimum Gasteiger partial charge on any atom is -0.495 e. The number of anilines is 1. The van der Waals surface area contributed by atoms with Gasteiger partial charge in [-0.1, -0.05) is 36.4 Å². The van der Waals surface area contributed by atoms with Crippen LogP contribution in [0.25, 0.3) is 11.1 Å². The zero-order chi connectivity index (χ0) is 11.4. The monoisotopic (exact) mass is 250 g/mol. The highest BCUT2D eigenvalue weighted by atomic mass is 35.5. The van der Waals surface area contributed by atoms with Crippen LogP contribution in [0.3, 0.4) is 0 Å². The topological polar surface area (TPSA) is 47.3 Å². The van der Waals surface area contributed by atoms with Crippen molar-refractivity contribution in [2.45, 2.75) is 0 Å². The molecule has 0 saturated heterocycles. The largest absolute Gasteiger partial charge is 0.495 e. The predicted molar refractivity (Wildman–Crippen MR) is 73.5 cm³/mol. The molecule has 0 aliphatic carbocycles. The van der Waals surface area contributed by atoms with Gasteiger partial charge in [0, 0.05) is 0 Å². The van der Waals surface area contributed by atoms with Crippen LogP contribution >= 0.6 is 12.4 Å². The first-order chi connectivity index (χ1) is 7.85. The van der Waals surface area contributed by atoms with Crippen molar-refractivity contribution in [3.05, 3.63) is 48.5 Å². The second-order valence-corrected chi connectivity index (χ2v) is 3.43. The van der Waals surface area contributed by atoms with Crippen LogP contribution in [-0.4, -0.2) is 7.11 Å². The second-order valence-electron chi connectivity index (χ2n) is 3.43. The first-order valence-corrected chi connectivity index (χ1v) is 5.05. The first kappa shape index (κ1) is 13.4. The average molecular weight is 251 g/mol. The standard InChI is InChI=1S/C13H14N2O.ClH/c1-16-13-8-7-11(9-12(13)15-14)10-5-3-2-4-6-10;/h2-9,15H,14H2,1H3;1H. The van der Waals surface area contributed by atoms with Crippen molar-refractivity contribution in [1.29, 1.82) is 0 Å². The smallest absolute Gasteiger partial charge is 0.143 e. The van der Waals surface area contributed by atoms with Crippen LogP contribution in [0.15, 0.2) is 48.5 Å². The summed E-state index contributed by atoms with van der Waals surface area (Å²) < 4.78 is 5.18. The fraction of sp³-hybridized carbons (Fsp3) is 0.0769. The van der Waals surface area contributed by atoms with Gasteiger partial charge in [0.05, 0.1) is 12.8 Å². The molecule has 4 heteroatoms. The summed E-state index contributed by atoms with van der Waals surface area (Å²) in [5.74, 6) is 6.18. The highest BCUT2D eigenvalue weighted by Crippen LogP contribution is 2.29. The molecule has 0 aliphatic rings. The van der Waals surface area contributed by atoms with E-state index in [0.717, 1.165) is 22.6 Å². The number of hydrogen-bond acceptors (Lipinski definition) is 3. The molecule has 0 amide bonds. The number of nitrogens with one attached hydrogen (secondary N) is 1. The minimum atomic E-state index is 0. The Morgan fingerprint density at radius 2 is 1.71 bits per heavy atom. The zero-order valence-corrected chi connectivity index (χ0v) is 10.3. The summed E-state index contributed by atoms with van der Waals surface area (Å²) in [6.07, 6.45) is 0. The minimum absolute atomic E-state index is 0. The van der Waals surface area contributed by atoms with Gasteiger partial charge in [0.2, 0.25) is 0 Å². The quantitative estimate of drug-likeness (QED) is 0.650. The number of hydrazine groups is 1. The van der Waals surface area contributed by atoms with Gasteiger partial charge in [-0.25, -0.2) is 0 Å². The van der Waals surface area contributed by atoms with Gasteiger partial charge >= 0.3 is 0 Å². The Balaban J connectivity index is 0.00000144. The Morgan fingerprint density at radius 1 is 1.00 bits per heavy atom. The van der Waals surface area contributed by atoms with Crippen molar-refractivity contribution < 1.29 is 4.74 Å². The molecule has 0 atom stereocenters. The van der Waals surface area contributed by atoms with Gasteiger partial charge in [-0.2, -0.15) is 0 Å². The third-order valence-corrected chi connectivity index (χ3v) is 2.46. The van der Waals surface area contributed by atoms with E-state index < -0.39 is 0 Å². The fourth-order valence-electron chi connectivity index (χ4n) is 1.63. The summed E-state index contributed by atoms with van der Waals surface area (Å²) in [6.45, 7) is 0. The highest BCUT2D eigenvalue weighted by molar-refractivity contribution is 5.85. The van der Waals surface area contributed by atoms with Crippen LogP contribution in [0, 0.1) is 0 Å². The Kier molecular flexibility index (Phi) is 4.82. The molecule has 0 aromatic heterocycles. The molecule has 2 aromatic rings. The number of hydrogen-bond donors (Lipinski definition) is 2. The molecular weight excluding hydrogens is 236 g/mol. The molecular formula is C13H15ClN2O. The maximum Gasteiger partial charge on any atom is 0.143 e. The Morgan fingerprint density at radius 3 is 2.29 bits per heavy atom. The third-order valence-electron chi connectivity index (χ3n) is 2.46. The molecule has 2 aromatic carbocycles. The Labute approximate surface area is 107 Å². The maximum atomic E-state index is 5.44. The summed E-state index contributed by atoms with van der Waals surface area (Å²) in [5, 5.41) is 0. The van der Waals surface area contributed by atoms with E-state index >= 15 is 0 Å². The highest BCUT2D eigenvalue weighted by Gasteiger charge is 2.03. The van der Waals surface area contributed by atoms with Gasteiger partial charge in [-0.3, -0.25) is 5.84 Å². The van der Waals surface area contributed by atoms with Crippen LogP contribution in [0.5, 0.6) is 5.75 Å². The van der Waals surface area contributed by atoms with Gasteiger partial charge in [0.15, 0.2) is 0 Å². The van der Waals surface area contributed by atoms with Gasteiger partial charge in [-0.05, 0) is 23.3 Å². The lowest BCUT2D eigenvalue weighted by Gasteiger charge is -2.10. The van der Waals surface area contributed by atoms with Crippen molar-refractivity contribution >= 4 is 18.1 Å². The summed E-state index contributed by atoms with van der Waals surface area (Å²) in [5.41, 5.74) is 5.67. The van der Waals surface area contributed by atoms with Gasteiger partial charge in [0.1, 0.15) is 5.75 Å². The molecule has 17 heavy (non-hydrogen) atoms. The molecule has 3 N–H and O–H groups in total. The number of halogens is 1. The summed E-state index contributed by atoms with van der Waals surface area (Å²) in [6, 6.07) is 16.0. The summed E-state index contributed by atoms with van der Waals surface area (Å²) >= 11 is 0. The Hall–Kier alpha value is -1.71. The second kappa shape index (κ2) is 6.13. The molecule has 0 radical (unpaired) electrons. The van der Waals surface area contributed by atoms with E-state index in [9.17, 15) is 0 Å². The van der Waals surface area contributed by atoms with Crippen LogP contribution in [0.2, 0.25) is 0 Å². The lowest BCUT2D eigenvalue weighted by Crippen LogP contribution is -2.08. The van der Waals surface area contributed by atoms with Crippen molar-refractivity contribution in [1.82, 2.24) is 0 Å². The maximum absolute atomic E-state index is 5.44. The number of nitrogen functional groups attached to an aromatic ring is 1. The molecule has 0 saturated carbocycles. The SMILES string of the molecule is COc1ccc(-c2ccccc2)cc1NN.Cl. The van der Waals surface area contributed by atoms with Crippen molar-refractivity contribution in [3.8, 4) is 16.9 Å². The van der Waals surface area contributed by atoms with E-state index in [-0.39, 0.29) is 12.4 Å². The number of methoxy groups -OCH3 is 1. The normalized spacial score (nSPS) is 9.29. The van der Waals surface area contributed by atoms with E-state index in [4.69, 9.17) is 10.6 Å². The van der Waals surface area contributed by atoms with Crippen molar-refractivity contribution in [3.63, 3.8) is 0 Å². The lowest BCUT2D eigenvalue weighted by atomic mass is 10.1.